The molecule has 0 aliphatic heterocycles. The van der Waals surface area contributed by atoms with E-state index in [2.05, 4.69) is 4.74 Å². The van der Waals surface area contributed by atoms with Gasteiger partial charge in [0.2, 0.25) is 0 Å². The van der Waals surface area contributed by atoms with Crippen LogP contribution in [-0.4, -0.2) is 23.4 Å². The molecule has 0 aliphatic carbocycles. The summed E-state index contributed by atoms with van der Waals surface area (Å²) in [5.41, 5.74) is -0.919. The molecule has 0 saturated carbocycles. The quantitative estimate of drug-likeness (QED) is 0.391. The fourth-order valence-electron chi connectivity index (χ4n) is 1.27. The van der Waals surface area contributed by atoms with Gasteiger partial charge in [-0.2, -0.15) is 5.26 Å². The normalized spacial score (nSPS) is 9.45. The van der Waals surface area contributed by atoms with E-state index in [1.54, 1.807) is 6.07 Å². The van der Waals surface area contributed by atoms with Crippen LogP contribution in [0.3, 0.4) is 0 Å². The van der Waals surface area contributed by atoms with Crippen molar-refractivity contribution >= 4 is 34.9 Å². The van der Waals surface area contributed by atoms with Crippen LogP contribution >= 0.6 is 11.6 Å². The van der Waals surface area contributed by atoms with Crippen LogP contribution in [0, 0.1) is 21.4 Å². The summed E-state index contributed by atoms with van der Waals surface area (Å²) in [6.45, 7) is 1.49. The molecule has 1 aromatic rings. The lowest BCUT2D eigenvalue weighted by Gasteiger charge is -2.06. The SMILES string of the molecule is CCOC(=O)C(=O)Nc1cc(C#N)c(Cl)cc1[N+](=O)[O-]. The zero-order valence-electron chi connectivity index (χ0n) is 10.2. The number of carbonyl (C=O) groups is 2. The third-order valence-corrected chi connectivity index (χ3v) is 2.42. The molecule has 20 heavy (non-hydrogen) atoms. The smallest absolute Gasteiger partial charge is 0.397 e. The maximum Gasteiger partial charge on any atom is 0.397 e. The Hall–Kier alpha value is -2.66. The van der Waals surface area contributed by atoms with Gasteiger partial charge in [0.1, 0.15) is 11.8 Å². The van der Waals surface area contributed by atoms with Crippen LogP contribution in [0.15, 0.2) is 12.1 Å². The van der Waals surface area contributed by atoms with E-state index < -0.39 is 22.5 Å². The highest BCUT2D eigenvalue weighted by molar-refractivity contribution is 6.37. The van der Waals surface area contributed by atoms with Crippen molar-refractivity contribution in [2.75, 3.05) is 11.9 Å². The van der Waals surface area contributed by atoms with Gasteiger partial charge in [-0.1, -0.05) is 11.6 Å². The van der Waals surface area contributed by atoms with Crippen LogP contribution in [0.5, 0.6) is 0 Å². The van der Waals surface area contributed by atoms with Gasteiger partial charge in [-0.25, -0.2) is 4.79 Å². The molecule has 0 fully saturated rings. The van der Waals surface area contributed by atoms with Gasteiger partial charge in [0.25, 0.3) is 5.69 Å². The molecule has 104 valence electrons. The molecule has 0 aliphatic rings. The molecule has 9 heteroatoms. The minimum absolute atomic E-state index is 0.0155. The van der Waals surface area contributed by atoms with E-state index in [0.29, 0.717) is 0 Å². The molecule has 1 amide bonds. The molecule has 0 heterocycles. The first-order chi connectivity index (χ1) is 9.40. The van der Waals surface area contributed by atoms with Crippen LogP contribution in [0.2, 0.25) is 5.02 Å². The monoisotopic (exact) mass is 297 g/mol. The number of ether oxygens (including phenoxy) is 1. The number of nitro benzene ring substituents is 1. The van der Waals surface area contributed by atoms with E-state index in [1.807, 2.05) is 5.32 Å². The second-order valence-electron chi connectivity index (χ2n) is 3.39. The van der Waals surface area contributed by atoms with Crippen molar-refractivity contribution < 1.29 is 19.2 Å². The van der Waals surface area contributed by atoms with Gasteiger partial charge < -0.3 is 10.1 Å². The number of benzene rings is 1. The summed E-state index contributed by atoms with van der Waals surface area (Å²) in [6.07, 6.45) is 0. The molecule has 8 nitrogen and oxygen atoms in total. The number of carbonyl (C=O) groups excluding carboxylic acids is 2. The Kier molecular flexibility index (Phi) is 5.00. The van der Waals surface area contributed by atoms with Crippen molar-refractivity contribution in [3.63, 3.8) is 0 Å². The molecule has 1 N–H and O–H groups in total. The van der Waals surface area contributed by atoms with Crippen molar-refractivity contribution in [2.45, 2.75) is 6.92 Å². The van der Waals surface area contributed by atoms with Gasteiger partial charge in [0, 0.05) is 6.07 Å². The molecule has 1 rings (SSSR count). The van der Waals surface area contributed by atoms with Gasteiger partial charge in [0.05, 0.1) is 22.1 Å². The summed E-state index contributed by atoms with van der Waals surface area (Å²) in [5, 5.41) is 21.5. The van der Waals surface area contributed by atoms with Crippen LogP contribution in [0.4, 0.5) is 11.4 Å². The van der Waals surface area contributed by atoms with Crippen LogP contribution in [0.25, 0.3) is 0 Å². The Morgan fingerprint density at radius 3 is 2.70 bits per heavy atom. The fourth-order valence-corrected chi connectivity index (χ4v) is 1.47. The zero-order chi connectivity index (χ0) is 15.3. The standard InChI is InChI=1S/C11H8ClN3O5/c1-2-20-11(17)10(16)14-8-3-6(5-13)7(12)4-9(8)15(18)19/h3-4H,2H2,1H3,(H,14,16). The minimum Gasteiger partial charge on any atom is -0.459 e. The highest BCUT2D eigenvalue weighted by Crippen LogP contribution is 2.30. The maximum absolute atomic E-state index is 11.4. The highest BCUT2D eigenvalue weighted by atomic mass is 35.5. The lowest BCUT2D eigenvalue weighted by atomic mass is 10.2. The fraction of sp³-hybridized carbons (Fsp3) is 0.182. The summed E-state index contributed by atoms with van der Waals surface area (Å²) < 4.78 is 4.44. The third kappa shape index (κ3) is 3.43. The van der Waals surface area contributed by atoms with Gasteiger partial charge >= 0.3 is 11.9 Å². The Labute approximate surface area is 118 Å². The molecule has 0 radical (unpaired) electrons. The van der Waals surface area contributed by atoms with E-state index in [1.165, 1.54) is 6.92 Å². The van der Waals surface area contributed by atoms with E-state index in [4.69, 9.17) is 16.9 Å². The second kappa shape index (κ2) is 6.49. The number of nitriles is 1. The molecular weight excluding hydrogens is 290 g/mol. The van der Waals surface area contributed by atoms with Crippen molar-refractivity contribution in [3.05, 3.63) is 32.8 Å². The first-order valence-corrected chi connectivity index (χ1v) is 5.64. The molecule has 0 atom stereocenters. The zero-order valence-corrected chi connectivity index (χ0v) is 10.9. The number of nitrogens with zero attached hydrogens (tertiary/aromatic N) is 2. The number of nitro groups is 1. The van der Waals surface area contributed by atoms with E-state index in [9.17, 15) is 19.7 Å². The lowest BCUT2D eigenvalue weighted by molar-refractivity contribution is -0.383. The summed E-state index contributed by atoms with van der Waals surface area (Å²) in [4.78, 5) is 32.6. The molecule has 0 aromatic heterocycles. The Bertz CT molecular complexity index is 623. The van der Waals surface area contributed by atoms with E-state index in [-0.39, 0.29) is 22.9 Å². The van der Waals surface area contributed by atoms with Gasteiger partial charge in [-0.3, -0.25) is 14.9 Å². The number of hydrogen-bond acceptors (Lipinski definition) is 6. The number of halogens is 1. The third-order valence-electron chi connectivity index (χ3n) is 2.11. The summed E-state index contributed by atoms with van der Waals surface area (Å²) in [6, 6.07) is 3.64. The molecule has 0 unspecified atom stereocenters. The summed E-state index contributed by atoms with van der Waals surface area (Å²) in [7, 11) is 0. The first-order valence-electron chi connectivity index (χ1n) is 5.26. The number of nitrogens with one attached hydrogen (secondary N) is 1. The maximum atomic E-state index is 11.4. The van der Waals surface area contributed by atoms with E-state index in [0.717, 1.165) is 12.1 Å². The minimum atomic E-state index is -1.18. The predicted molar refractivity (Wildman–Crippen MR) is 68.1 cm³/mol. The molecule has 0 spiro atoms. The number of rotatable bonds is 3. The highest BCUT2D eigenvalue weighted by Gasteiger charge is 2.22. The Morgan fingerprint density at radius 2 is 2.20 bits per heavy atom. The van der Waals surface area contributed by atoms with Crippen molar-refractivity contribution in [3.8, 4) is 6.07 Å². The number of amides is 1. The van der Waals surface area contributed by atoms with E-state index >= 15 is 0 Å². The van der Waals surface area contributed by atoms with Crippen molar-refractivity contribution in [2.24, 2.45) is 0 Å². The van der Waals surface area contributed by atoms with Gasteiger partial charge in [-0.15, -0.1) is 0 Å². The van der Waals surface area contributed by atoms with Crippen molar-refractivity contribution in [1.82, 2.24) is 0 Å². The number of hydrogen-bond donors (Lipinski definition) is 1. The van der Waals surface area contributed by atoms with Crippen molar-refractivity contribution in [1.29, 1.82) is 5.26 Å². The predicted octanol–water partition coefficient (Wildman–Crippen LogP) is 1.62. The van der Waals surface area contributed by atoms with Crippen LogP contribution in [0.1, 0.15) is 12.5 Å². The van der Waals surface area contributed by atoms with Gasteiger partial charge in [-0.05, 0) is 13.0 Å². The van der Waals surface area contributed by atoms with Crippen LogP contribution in [-0.2, 0) is 14.3 Å². The Balaban J connectivity index is 3.16. The summed E-state index contributed by atoms with van der Waals surface area (Å²) >= 11 is 5.66. The lowest BCUT2D eigenvalue weighted by Crippen LogP contribution is -2.25. The first kappa shape index (κ1) is 15.4. The van der Waals surface area contributed by atoms with Gasteiger partial charge in [0.15, 0.2) is 0 Å². The average molecular weight is 298 g/mol. The average Bonchev–Trinajstić information content (AvgIpc) is 2.40. The number of esters is 1. The topological polar surface area (TPSA) is 122 Å². The largest absolute Gasteiger partial charge is 0.459 e. The second-order valence-corrected chi connectivity index (χ2v) is 3.80. The molecular formula is C11H8ClN3O5. The molecule has 0 bridgehead atoms. The summed E-state index contributed by atoms with van der Waals surface area (Å²) in [5.74, 6) is -2.36. The molecule has 0 saturated heterocycles. The van der Waals surface area contributed by atoms with Crippen LogP contribution < -0.4 is 5.32 Å². The molecule has 1 aromatic carbocycles. The number of anilines is 1. The Morgan fingerprint density at radius 1 is 1.55 bits per heavy atom.